The molecule has 0 saturated heterocycles. The summed E-state index contributed by atoms with van der Waals surface area (Å²) in [5, 5.41) is 16.6. The molecule has 0 unspecified atom stereocenters. The van der Waals surface area contributed by atoms with Crippen molar-refractivity contribution in [2.75, 3.05) is 13.1 Å². The van der Waals surface area contributed by atoms with E-state index in [9.17, 15) is 5.11 Å². The van der Waals surface area contributed by atoms with Crippen molar-refractivity contribution in [3.63, 3.8) is 0 Å². The summed E-state index contributed by atoms with van der Waals surface area (Å²) in [6.07, 6.45) is 8.90. The summed E-state index contributed by atoms with van der Waals surface area (Å²) in [4.78, 5) is 4.88. The number of nitrogens with one attached hydrogen (secondary N) is 2. The molecule has 0 aromatic heterocycles. The van der Waals surface area contributed by atoms with Crippen LogP contribution in [-0.2, 0) is 0 Å². The standard InChI is InChI=1S/C22H35N3O.HI/c1-2-23-22(25-20-12-14-21(26)15-13-20)24-16-17-8-10-19(11-9-17)18-6-4-3-5-7-18;/h3-7,17,19-21,26H,2,8-16H2,1H3,(H2,23,24,25);1H. The average Bonchev–Trinajstić information content (AvgIpc) is 2.69. The molecule has 0 bridgehead atoms. The number of aliphatic imine (C=N–C) groups is 1. The SMILES string of the molecule is CCNC(=NCC1CCC(c2ccccc2)CC1)NC1CCC(O)CC1.I. The maximum atomic E-state index is 9.67. The maximum absolute atomic E-state index is 9.67. The van der Waals surface area contributed by atoms with Crippen LogP contribution in [0.3, 0.4) is 0 Å². The van der Waals surface area contributed by atoms with Crippen LogP contribution in [0, 0.1) is 5.92 Å². The van der Waals surface area contributed by atoms with Crippen LogP contribution < -0.4 is 10.6 Å². The van der Waals surface area contributed by atoms with E-state index in [0.717, 1.165) is 50.7 Å². The summed E-state index contributed by atoms with van der Waals surface area (Å²) < 4.78 is 0. The Kier molecular flexibility index (Phi) is 9.90. The molecular weight excluding hydrogens is 449 g/mol. The van der Waals surface area contributed by atoms with Gasteiger partial charge in [-0.05, 0) is 75.7 Å². The predicted molar refractivity (Wildman–Crippen MR) is 124 cm³/mol. The molecule has 0 atom stereocenters. The smallest absolute Gasteiger partial charge is 0.191 e. The lowest BCUT2D eigenvalue weighted by Crippen LogP contribution is -2.45. The zero-order chi connectivity index (χ0) is 18.2. The van der Waals surface area contributed by atoms with Gasteiger partial charge in [0.2, 0.25) is 0 Å². The highest BCUT2D eigenvalue weighted by Gasteiger charge is 2.23. The average molecular weight is 485 g/mol. The van der Waals surface area contributed by atoms with Crippen LogP contribution in [0.5, 0.6) is 0 Å². The van der Waals surface area contributed by atoms with Gasteiger partial charge in [-0.3, -0.25) is 4.99 Å². The third-order valence-electron chi connectivity index (χ3n) is 6.01. The third kappa shape index (κ3) is 7.26. The molecule has 3 rings (SSSR count). The van der Waals surface area contributed by atoms with E-state index in [-0.39, 0.29) is 30.1 Å². The number of aliphatic hydroxyl groups excluding tert-OH is 1. The van der Waals surface area contributed by atoms with Crippen LogP contribution in [0.1, 0.15) is 69.8 Å². The molecule has 2 aliphatic rings. The third-order valence-corrected chi connectivity index (χ3v) is 6.01. The Morgan fingerprint density at radius 1 is 1.00 bits per heavy atom. The highest BCUT2D eigenvalue weighted by atomic mass is 127. The normalized spacial score (nSPS) is 28.9. The Bertz CT molecular complexity index is 550. The van der Waals surface area contributed by atoms with Gasteiger partial charge in [0.25, 0.3) is 0 Å². The molecule has 0 heterocycles. The number of hydrogen-bond acceptors (Lipinski definition) is 2. The number of benzene rings is 1. The lowest BCUT2D eigenvalue weighted by atomic mass is 9.79. The quantitative estimate of drug-likeness (QED) is 0.329. The Balaban J connectivity index is 0.00000261. The molecular formula is C22H36IN3O. The monoisotopic (exact) mass is 485 g/mol. The van der Waals surface area contributed by atoms with Crippen molar-refractivity contribution < 1.29 is 5.11 Å². The molecule has 27 heavy (non-hydrogen) atoms. The fourth-order valence-electron chi connectivity index (χ4n) is 4.36. The van der Waals surface area contributed by atoms with Gasteiger partial charge >= 0.3 is 0 Å². The van der Waals surface area contributed by atoms with E-state index in [0.29, 0.717) is 12.0 Å². The summed E-state index contributed by atoms with van der Waals surface area (Å²) in [6.45, 7) is 3.93. The van der Waals surface area contributed by atoms with E-state index < -0.39 is 0 Å². The first kappa shape index (κ1) is 22.5. The van der Waals surface area contributed by atoms with E-state index in [4.69, 9.17) is 4.99 Å². The first-order valence-electron chi connectivity index (χ1n) is 10.5. The van der Waals surface area contributed by atoms with Gasteiger partial charge in [0, 0.05) is 19.1 Å². The largest absolute Gasteiger partial charge is 0.393 e. The van der Waals surface area contributed by atoms with Crippen molar-refractivity contribution >= 4 is 29.9 Å². The second kappa shape index (κ2) is 11.9. The van der Waals surface area contributed by atoms with Gasteiger partial charge in [-0.1, -0.05) is 30.3 Å². The minimum Gasteiger partial charge on any atom is -0.393 e. The zero-order valence-corrected chi connectivity index (χ0v) is 18.9. The molecule has 2 fully saturated rings. The molecule has 1 aromatic carbocycles. The number of nitrogens with zero attached hydrogens (tertiary/aromatic N) is 1. The van der Waals surface area contributed by atoms with Gasteiger partial charge in [0.1, 0.15) is 0 Å². The number of guanidine groups is 1. The van der Waals surface area contributed by atoms with Crippen molar-refractivity contribution in [1.82, 2.24) is 10.6 Å². The first-order chi connectivity index (χ1) is 12.7. The van der Waals surface area contributed by atoms with Crippen LogP contribution in [0.15, 0.2) is 35.3 Å². The minimum absolute atomic E-state index is 0. The molecule has 2 aliphatic carbocycles. The summed E-state index contributed by atoms with van der Waals surface area (Å²) in [5.74, 6) is 2.40. The van der Waals surface area contributed by atoms with Crippen LogP contribution in [0.4, 0.5) is 0 Å². The van der Waals surface area contributed by atoms with Gasteiger partial charge in [0.05, 0.1) is 6.10 Å². The van der Waals surface area contributed by atoms with Crippen LogP contribution in [0.25, 0.3) is 0 Å². The lowest BCUT2D eigenvalue weighted by molar-refractivity contribution is 0.120. The van der Waals surface area contributed by atoms with Crippen molar-refractivity contribution in [3.05, 3.63) is 35.9 Å². The number of rotatable bonds is 5. The van der Waals surface area contributed by atoms with Gasteiger partial charge in [-0.25, -0.2) is 0 Å². The summed E-state index contributed by atoms with van der Waals surface area (Å²) in [5.41, 5.74) is 1.50. The Morgan fingerprint density at radius 2 is 1.67 bits per heavy atom. The van der Waals surface area contributed by atoms with E-state index in [1.54, 1.807) is 0 Å². The van der Waals surface area contributed by atoms with Crippen LogP contribution in [0.2, 0.25) is 0 Å². The van der Waals surface area contributed by atoms with Crippen molar-refractivity contribution in [2.45, 2.75) is 76.4 Å². The van der Waals surface area contributed by atoms with Crippen molar-refractivity contribution in [2.24, 2.45) is 10.9 Å². The van der Waals surface area contributed by atoms with Crippen molar-refractivity contribution in [1.29, 1.82) is 0 Å². The molecule has 5 heteroatoms. The van der Waals surface area contributed by atoms with Gasteiger partial charge in [-0.2, -0.15) is 0 Å². The number of halogens is 1. The number of hydrogen-bond donors (Lipinski definition) is 3. The topological polar surface area (TPSA) is 56.7 Å². The molecule has 3 N–H and O–H groups in total. The number of aliphatic hydroxyl groups is 1. The Labute approximate surface area is 181 Å². The zero-order valence-electron chi connectivity index (χ0n) is 16.6. The fourth-order valence-corrected chi connectivity index (χ4v) is 4.36. The maximum Gasteiger partial charge on any atom is 0.191 e. The van der Waals surface area contributed by atoms with E-state index in [1.807, 2.05) is 0 Å². The van der Waals surface area contributed by atoms with E-state index in [2.05, 4.69) is 47.9 Å². The summed E-state index contributed by atoms with van der Waals surface area (Å²) in [7, 11) is 0. The van der Waals surface area contributed by atoms with E-state index in [1.165, 1.54) is 31.2 Å². The second-order valence-corrected chi connectivity index (χ2v) is 8.00. The molecule has 0 radical (unpaired) electrons. The minimum atomic E-state index is -0.104. The lowest BCUT2D eigenvalue weighted by Gasteiger charge is -2.29. The molecule has 0 spiro atoms. The molecule has 0 amide bonds. The Hall–Kier alpha value is -0.820. The fraction of sp³-hybridized carbons (Fsp3) is 0.682. The van der Waals surface area contributed by atoms with Crippen LogP contribution in [-0.4, -0.2) is 36.3 Å². The van der Waals surface area contributed by atoms with Gasteiger partial charge in [-0.15, -0.1) is 24.0 Å². The highest BCUT2D eigenvalue weighted by Crippen LogP contribution is 2.35. The van der Waals surface area contributed by atoms with Gasteiger partial charge in [0.15, 0.2) is 5.96 Å². The van der Waals surface area contributed by atoms with Crippen LogP contribution >= 0.6 is 24.0 Å². The molecule has 2 saturated carbocycles. The van der Waals surface area contributed by atoms with Gasteiger partial charge < -0.3 is 15.7 Å². The molecule has 4 nitrogen and oxygen atoms in total. The van der Waals surface area contributed by atoms with Crippen molar-refractivity contribution in [3.8, 4) is 0 Å². The first-order valence-corrected chi connectivity index (χ1v) is 10.5. The molecule has 152 valence electrons. The molecule has 0 aliphatic heterocycles. The predicted octanol–water partition coefficient (Wildman–Crippen LogP) is 4.44. The molecule has 1 aromatic rings. The second-order valence-electron chi connectivity index (χ2n) is 8.00. The van der Waals surface area contributed by atoms with E-state index >= 15 is 0 Å². The Morgan fingerprint density at radius 3 is 2.30 bits per heavy atom. The summed E-state index contributed by atoms with van der Waals surface area (Å²) >= 11 is 0. The highest BCUT2D eigenvalue weighted by molar-refractivity contribution is 14.0. The summed E-state index contributed by atoms with van der Waals surface area (Å²) in [6, 6.07) is 11.4.